The lowest BCUT2D eigenvalue weighted by Crippen LogP contribution is -2.53. The molecule has 0 saturated carbocycles. The first-order valence-corrected chi connectivity index (χ1v) is 7.41. The number of carboxylic acids is 1. The van der Waals surface area contributed by atoms with E-state index in [1.165, 1.54) is 0 Å². The lowest BCUT2D eigenvalue weighted by molar-refractivity contribution is -0.139. The van der Waals surface area contributed by atoms with Crippen molar-refractivity contribution in [3.63, 3.8) is 0 Å². The summed E-state index contributed by atoms with van der Waals surface area (Å²) >= 11 is 1.58. The summed E-state index contributed by atoms with van der Waals surface area (Å²) in [4.78, 5) is 24.7. The van der Waals surface area contributed by atoms with Crippen molar-refractivity contribution in [3.8, 4) is 0 Å². The highest BCUT2D eigenvalue weighted by molar-refractivity contribution is 7.07. The zero-order valence-electron chi connectivity index (χ0n) is 11.2. The van der Waals surface area contributed by atoms with Gasteiger partial charge in [-0.25, -0.2) is 4.79 Å². The first-order chi connectivity index (χ1) is 9.58. The van der Waals surface area contributed by atoms with Crippen molar-refractivity contribution in [1.82, 2.24) is 10.2 Å². The molecule has 2 atom stereocenters. The van der Waals surface area contributed by atoms with Crippen LogP contribution in [0.5, 0.6) is 0 Å². The second-order valence-corrected chi connectivity index (χ2v) is 5.53. The van der Waals surface area contributed by atoms with E-state index in [1.54, 1.807) is 16.2 Å². The molecule has 20 heavy (non-hydrogen) atoms. The van der Waals surface area contributed by atoms with E-state index in [0.717, 1.165) is 5.56 Å². The summed E-state index contributed by atoms with van der Waals surface area (Å²) in [6.45, 7) is 3.04. The molecule has 0 spiro atoms. The molecule has 0 aromatic carbocycles. The number of aliphatic carboxylic acids is 1. The summed E-state index contributed by atoms with van der Waals surface area (Å²) in [7, 11) is 0. The number of morpholine rings is 1. The first kappa shape index (κ1) is 14.8. The molecule has 0 aliphatic carbocycles. The summed E-state index contributed by atoms with van der Waals surface area (Å²) in [5.74, 6) is -0.927. The van der Waals surface area contributed by atoms with Gasteiger partial charge in [-0.1, -0.05) is 0 Å². The van der Waals surface area contributed by atoms with E-state index in [0.29, 0.717) is 13.2 Å². The summed E-state index contributed by atoms with van der Waals surface area (Å²) in [6, 6.07) is 1.22. The molecule has 1 saturated heterocycles. The largest absolute Gasteiger partial charge is 0.481 e. The van der Waals surface area contributed by atoms with Gasteiger partial charge in [-0.2, -0.15) is 11.3 Å². The molecular formula is C13H18N2O4S. The summed E-state index contributed by atoms with van der Waals surface area (Å²) < 4.78 is 5.26. The molecule has 110 valence electrons. The monoisotopic (exact) mass is 298 g/mol. The molecule has 6 nitrogen and oxygen atoms in total. The quantitative estimate of drug-likeness (QED) is 0.886. The standard InChI is InChI=1S/C13H18N2O4S/c1-9(10-2-5-20-8-10)14-13(18)15-3-4-19-7-11(15)6-12(16)17/h2,5,8-9,11H,3-4,6-7H2,1H3,(H,14,18)(H,16,17). The van der Waals surface area contributed by atoms with Crippen LogP contribution in [0, 0.1) is 0 Å². The average molecular weight is 298 g/mol. The van der Waals surface area contributed by atoms with Gasteiger partial charge in [0.1, 0.15) is 0 Å². The Morgan fingerprint density at radius 3 is 3.10 bits per heavy atom. The normalized spacial score (nSPS) is 20.4. The SMILES string of the molecule is CC(NC(=O)N1CCOCC1CC(=O)O)c1ccsc1. The van der Waals surface area contributed by atoms with E-state index in [-0.39, 0.29) is 25.1 Å². The van der Waals surface area contributed by atoms with E-state index in [4.69, 9.17) is 9.84 Å². The van der Waals surface area contributed by atoms with Gasteiger partial charge in [0.05, 0.1) is 31.7 Å². The topological polar surface area (TPSA) is 78.9 Å². The number of ether oxygens (including phenoxy) is 1. The third-order valence-corrected chi connectivity index (χ3v) is 3.98. The van der Waals surface area contributed by atoms with E-state index in [1.807, 2.05) is 23.8 Å². The van der Waals surface area contributed by atoms with Gasteiger partial charge in [-0.15, -0.1) is 0 Å². The van der Waals surface area contributed by atoms with Crippen LogP contribution in [-0.2, 0) is 9.53 Å². The minimum Gasteiger partial charge on any atom is -0.481 e. The zero-order chi connectivity index (χ0) is 14.5. The van der Waals surface area contributed by atoms with Crippen LogP contribution < -0.4 is 5.32 Å². The van der Waals surface area contributed by atoms with E-state index >= 15 is 0 Å². The second-order valence-electron chi connectivity index (χ2n) is 4.75. The van der Waals surface area contributed by atoms with Crippen LogP contribution in [0.3, 0.4) is 0 Å². The van der Waals surface area contributed by atoms with Gasteiger partial charge in [0, 0.05) is 6.54 Å². The van der Waals surface area contributed by atoms with Crippen molar-refractivity contribution < 1.29 is 19.4 Å². The molecule has 1 fully saturated rings. The maximum absolute atomic E-state index is 12.3. The number of thiophene rings is 1. The molecule has 2 rings (SSSR count). The van der Waals surface area contributed by atoms with Gasteiger partial charge < -0.3 is 20.1 Å². The average Bonchev–Trinajstić information content (AvgIpc) is 2.92. The van der Waals surface area contributed by atoms with Crippen LogP contribution >= 0.6 is 11.3 Å². The third-order valence-electron chi connectivity index (χ3n) is 3.28. The summed E-state index contributed by atoms with van der Waals surface area (Å²) in [5.41, 5.74) is 1.05. The van der Waals surface area contributed by atoms with Crippen molar-refractivity contribution in [1.29, 1.82) is 0 Å². The van der Waals surface area contributed by atoms with Crippen LogP contribution in [-0.4, -0.2) is 47.8 Å². The Balaban J connectivity index is 1.97. The Labute approximate surface area is 121 Å². The Hall–Kier alpha value is -1.60. The fraction of sp³-hybridized carbons (Fsp3) is 0.538. The molecule has 0 bridgehead atoms. The highest BCUT2D eigenvalue weighted by Gasteiger charge is 2.29. The Morgan fingerprint density at radius 1 is 1.65 bits per heavy atom. The number of carboxylic acid groups (broad SMARTS) is 1. The Morgan fingerprint density at radius 2 is 2.45 bits per heavy atom. The fourth-order valence-corrected chi connectivity index (χ4v) is 2.92. The number of carbonyl (C=O) groups excluding carboxylic acids is 1. The fourth-order valence-electron chi connectivity index (χ4n) is 2.17. The molecule has 2 amide bonds. The summed E-state index contributed by atoms with van der Waals surface area (Å²) in [6.07, 6.45) is -0.0970. The molecular weight excluding hydrogens is 280 g/mol. The smallest absolute Gasteiger partial charge is 0.318 e. The van der Waals surface area contributed by atoms with Gasteiger partial charge >= 0.3 is 12.0 Å². The zero-order valence-corrected chi connectivity index (χ0v) is 12.1. The Kier molecular flexibility index (Phi) is 4.97. The highest BCUT2D eigenvalue weighted by atomic mass is 32.1. The van der Waals surface area contributed by atoms with Crippen LogP contribution in [0.15, 0.2) is 16.8 Å². The number of rotatable bonds is 4. The van der Waals surface area contributed by atoms with Crippen LogP contribution in [0.4, 0.5) is 4.79 Å². The van der Waals surface area contributed by atoms with Crippen LogP contribution in [0.1, 0.15) is 24.9 Å². The lowest BCUT2D eigenvalue weighted by Gasteiger charge is -2.35. The molecule has 1 aliphatic rings. The number of hydrogen-bond acceptors (Lipinski definition) is 4. The first-order valence-electron chi connectivity index (χ1n) is 6.46. The number of amides is 2. The van der Waals surface area contributed by atoms with E-state index in [9.17, 15) is 9.59 Å². The Bertz CT molecular complexity index is 463. The van der Waals surface area contributed by atoms with Crippen LogP contribution in [0.25, 0.3) is 0 Å². The molecule has 1 aromatic rings. The molecule has 0 radical (unpaired) electrons. The van der Waals surface area contributed by atoms with Crippen molar-refractivity contribution >= 4 is 23.3 Å². The lowest BCUT2D eigenvalue weighted by atomic mass is 10.1. The minimum absolute atomic E-state index is 0.0953. The van der Waals surface area contributed by atoms with Gasteiger partial charge in [0.25, 0.3) is 0 Å². The third kappa shape index (κ3) is 3.71. The molecule has 2 unspecified atom stereocenters. The van der Waals surface area contributed by atoms with Crippen molar-refractivity contribution in [2.24, 2.45) is 0 Å². The molecule has 2 heterocycles. The predicted molar refractivity (Wildman–Crippen MR) is 74.8 cm³/mol. The number of hydrogen-bond donors (Lipinski definition) is 2. The molecule has 2 N–H and O–H groups in total. The summed E-state index contributed by atoms with van der Waals surface area (Å²) in [5, 5.41) is 15.7. The van der Waals surface area contributed by atoms with E-state index < -0.39 is 12.0 Å². The molecule has 1 aromatic heterocycles. The number of nitrogens with one attached hydrogen (secondary N) is 1. The maximum atomic E-state index is 12.3. The predicted octanol–water partition coefficient (Wildman–Crippen LogP) is 1.69. The van der Waals surface area contributed by atoms with Crippen molar-refractivity contribution in [3.05, 3.63) is 22.4 Å². The van der Waals surface area contributed by atoms with Gasteiger partial charge in [0.15, 0.2) is 0 Å². The van der Waals surface area contributed by atoms with Gasteiger partial charge in [0.2, 0.25) is 0 Å². The number of urea groups is 1. The maximum Gasteiger partial charge on any atom is 0.318 e. The number of nitrogens with zero attached hydrogens (tertiary/aromatic N) is 1. The van der Waals surface area contributed by atoms with E-state index in [2.05, 4.69) is 5.32 Å². The van der Waals surface area contributed by atoms with Crippen molar-refractivity contribution in [2.45, 2.75) is 25.4 Å². The van der Waals surface area contributed by atoms with Crippen molar-refractivity contribution in [2.75, 3.05) is 19.8 Å². The van der Waals surface area contributed by atoms with Gasteiger partial charge in [-0.05, 0) is 29.3 Å². The van der Waals surface area contributed by atoms with Gasteiger partial charge in [-0.3, -0.25) is 4.79 Å². The minimum atomic E-state index is -0.927. The molecule has 1 aliphatic heterocycles. The highest BCUT2D eigenvalue weighted by Crippen LogP contribution is 2.17. The van der Waals surface area contributed by atoms with Crippen LogP contribution in [0.2, 0.25) is 0 Å². The number of carbonyl (C=O) groups is 2. The second kappa shape index (κ2) is 6.71. The molecule has 7 heteroatoms.